The number of phosphoric ester groups is 1. The van der Waals surface area contributed by atoms with E-state index < -0.39 is 7.82 Å². The topological polar surface area (TPSA) is 82.1 Å². The van der Waals surface area contributed by atoms with Gasteiger partial charge in [-0.3, -0.25) is 13.8 Å². The molecule has 0 amide bonds. The van der Waals surface area contributed by atoms with Crippen LogP contribution in [0.25, 0.3) is 0 Å². The Hall–Kier alpha value is -1.24. The van der Waals surface area contributed by atoms with Crippen LogP contribution in [0.4, 0.5) is 0 Å². The first-order valence-corrected chi connectivity index (χ1v) is 16.2. The fraction of sp³-hybridized carbons (Fsp3) is 0.767. The van der Waals surface area contributed by atoms with Gasteiger partial charge in [-0.1, -0.05) is 83.8 Å². The number of nitrogens with zero attached hydrogens (tertiary/aromatic N) is 1. The van der Waals surface area contributed by atoms with Gasteiger partial charge in [-0.05, 0) is 36.5 Å². The monoisotopic (exact) mass is 556 g/mol. The van der Waals surface area contributed by atoms with Crippen LogP contribution in [0.15, 0.2) is 24.3 Å². The van der Waals surface area contributed by atoms with Crippen molar-refractivity contribution < 1.29 is 32.5 Å². The molecule has 0 aliphatic carbocycles. The first-order valence-electron chi connectivity index (χ1n) is 14.7. The molecular formula is C30H55NO6P+. The van der Waals surface area contributed by atoms with E-state index in [1.165, 1.54) is 57.8 Å². The van der Waals surface area contributed by atoms with Crippen LogP contribution in [-0.4, -0.2) is 62.7 Å². The molecule has 0 heterocycles. The molecule has 1 aromatic carbocycles. The lowest BCUT2D eigenvalue weighted by Crippen LogP contribution is -2.37. The molecule has 7 nitrogen and oxygen atoms in total. The van der Waals surface area contributed by atoms with Crippen LogP contribution in [-0.2, 0) is 24.8 Å². The second-order valence-corrected chi connectivity index (χ2v) is 12.9. The summed E-state index contributed by atoms with van der Waals surface area (Å²) in [6.07, 6.45) is 14.3. The van der Waals surface area contributed by atoms with Crippen LogP contribution in [0.1, 0.15) is 96.5 Å². The van der Waals surface area contributed by atoms with Crippen LogP contribution < -0.4 is 4.74 Å². The van der Waals surface area contributed by atoms with Crippen molar-refractivity contribution in [2.24, 2.45) is 5.92 Å². The molecule has 220 valence electrons. The number of ether oxygens (including phenoxy) is 1. The maximum Gasteiger partial charge on any atom is 0.472 e. The molecule has 0 aliphatic rings. The van der Waals surface area contributed by atoms with Crippen molar-refractivity contribution in [2.45, 2.75) is 97.3 Å². The Morgan fingerprint density at radius 2 is 1.45 bits per heavy atom. The van der Waals surface area contributed by atoms with Crippen LogP contribution in [0.5, 0.6) is 5.75 Å². The minimum absolute atomic E-state index is 0.0130. The third-order valence-corrected chi connectivity index (χ3v) is 7.60. The van der Waals surface area contributed by atoms with E-state index in [0.29, 0.717) is 30.3 Å². The van der Waals surface area contributed by atoms with Crippen molar-refractivity contribution in [1.82, 2.24) is 0 Å². The van der Waals surface area contributed by atoms with Gasteiger partial charge in [-0.15, -0.1) is 0 Å². The molecular weight excluding hydrogens is 501 g/mol. The second kappa shape index (κ2) is 19.8. The van der Waals surface area contributed by atoms with Crippen LogP contribution in [0, 0.1) is 5.92 Å². The van der Waals surface area contributed by atoms with Crippen molar-refractivity contribution in [3.8, 4) is 5.75 Å². The molecule has 1 rings (SSSR count). The van der Waals surface area contributed by atoms with Gasteiger partial charge in [0.1, 0.15) is 24.7 Å². The largest absolute Gasteiger partial charge is 0.494 e. The lowest BCUT2D eigenvalue weighted by atomic mass is 9.94. The van der Waals surface area contributed by atoms with E-state index in [1.807, 2.05) is 52.3 Å². The van der Waals surface area contributed by atoms with Gasteiger partial charge in [0.05, 0.1) is 34.4 Å². The van der Waals surface area contributed by atoms with Crippen LogP contribution >= 0.6 is 7.82 Å². The summed E-state index contributed by atoms with van der Waals surface area (Å²) in [6, 6.07) is 7.90. The Balaban J connectivity index is 2.39. The molecule has 0 aliphatic heterocycles. The van der Waals surface area contributed by atoms with E-state index in [0.717, 1.165) is 24.3 Å². The number of carbonyl (C=O) groups excluding carboxylic acids is 1. The number of quaternary nitrogens is 1. The molecule has 0 aromatic heterocycles. The molecule has 0 radical (unpaired) electrons. The van der Waals surface area contributed by atoms with Crippen molar-refractivity contribution in [1.29, 1.82) is 0 Å². The Morgan fingerprint density at radius 3 is 2.00 bits per heavy atom. The number of phosphoric acid groups is 1. The van der Waals surface area contributed by atoms with Crippen LogP contribution in [0.3, 0.4) is 0 Å². The second-order valence-electron chi connectivity index (χ2n) is 11.5. The molecule has 2 atom stereocenters. The molecule has 0 fully saturated rings. The standard InChI is InChI=1S/C30H54NO6P/c1-6-8-9-10-11-12-13-14-15-16-22-35-30-19-17-27(18-20-30)24-28(25-29(32)7-2)26-37-38(33,34)36-23-21-31(3,4)5/h17-20,28H,6-16,21-26H2,1-5H3/p+1. The third kappa shape index (κ3) is 18.9. The van der Waals surface area contributed by atoms with E-state index in [-0.39, 0.29) is 24.9 Å². The highest BCUT2D eigenvalue weighted by Crippen LogP contribution is 2.43. The number of ketones is 1. The van der Waals surface area contributed by atoms with Gasteiger partial charge in [0, 0.05) is 12.8 Å². The van der Waals surface area contributed by atoms with E-state index in [2.05, 4.69) is 6.92 Å². The summed E-state index contributed by atoms with van der Waals surface area (Å²) in [5.41, 5.74) is 1.03. The zero-order valence-corrected chi connectivity index (χ0v) is 25.7. The summed E-state index contributed by atoms with van der Waals surface area (Å²) in [6.45, 7) is 5.49. The Morgan fingerprint density at radius 1 is 0.868 bits per heavy atom. The number of hydrogen-bond donors (Lipinski definition) is 1. The van der Waals surface area contributed by atoms with Gasteiger partial charge in [-0.25, -0.2) is 4.57 Å². The number of benzene rings is 1. The lowest BCUT2D eigenvalue weighted by Gasteiger charge is -2.24. The SMILES string of the molecule is CCCCCCCCCCCCOc1ccc(CC(COP(=O)(O)OCC[N+](C)(C)C)CC(=O)CC)cc1. The van der Waals surface area contributed by atoms with Crippen molar-refractivity contribution in [3.05, 3.63) is 29.8 Å². The summed E-state index contributed by atoms with van der Waals surface area (Å²) in [7, 11) is 1.77. The number of Topliss-reactive ketones (excluding diaryl/α,β-unsaturated/α-hetero) is 1. The van der Waals surface area contributed by atoms with Crippen molar-refractivity contribution in [2.75, 3.05) is 47.5 Å². The molecule has 1 aromatic rings. The highest BCUT2D eigenvalue weighted by molar-refractivity contribution is 7.47. The average molecular weight is 557 g/mol. The van der Waals surface area contributed by atoms with E-state index in [9.17, 15) is 14.3 Å². The van der Waals surface area contributed by atoms with E-state index in [1.54, 1.807) is 0 Å². The Bertz CT molecular complexity index is 793. The average Bonchev–Trinajstić information content (AvgIpc) is 2.86. The summed E-state index contributed by atoms with van der Waals surface area (Å²) >= 11 is 0. The first-order chi connectivity index (χ1) is 18.0. The summed E-state index contributed by atoms with van der Waals surface area (Å²) in [4.78, 5) is 22.2. The Kier molecular flexibility index (Phi) is 18.1. The zero-order valence-electron chi connectivity index (χ0n) is 24.8. The van der Waals surface area contributed by atoms with E-state index in [4.69, 9.17) is 13.8 Å². The third-order valence-electron chi connectivity index (χ3n) is 6.61. The van der Waals surface area contributed by atoms with Gasteiger partial charge in [-0.2, -0.15) is 0 Å². The smallest absolute Gasteiger partial charge is 0.472 e. The minimum atomic E-state index is -4.17. The lowest BCUT2D eigenvalue weighted by molar-refractivity contribution is -0.870. The van der Waals surface area contributed by atoms with Gasteiger partial charge in [0.25, 0.3) is 0 Å². The van der Waals surface area contributed by atoms with E-state index >= 15 is 0 Å². The zero-order chi connectivity index (χ0) is 28.3. The first kappa shape index (κ1) is 34.8. The predicted molar refractivity (Wildman–Crippen MR) is 156 cm³/mol. The highest BCUT2D eigenvalue weighted by atomic mass is 31.2. The number of rotatable bonds is 24. The van der Waals surface area contributed by atoms with Gasteiger partial charge in [0.15, 0.2) is 0 Å². The minimum Gasteiger partial charge on any atom is -0.494 e. The summed E-state index contributed by atoms with van der Waals surface area (Å²) in [5, 5.41) is 0. The van der Waals surface area contributed by atoms with Crippen molar-refractivity contribution >= 4 is 13.6 Å². The van der Waals surface area contributed by atoms with Gasteiger partial charge in [0.2, 0.25) is 0 Å². The number of carbonyl (C=O) groups is 1. The number of unbranched alkanes of at least 4 members (excludes halogenated alkanes) is 9. The van der Waals surface area contributed by atoms with Gasteiger partial charge >= 0.3 is 7.82 Å². The molecule has 0 bridgehead atoms. The summed E-state index contributed by atoms with van der Waals surface area (Å²) < 4.78 is 29.2. The highest BCUT2D eigenvalue weighted by Gasteiger charge is 2.25. The fourth-order valence-electron chi connectivity index (χ4n) is 4.16. The number of hydrogen-bond acceptors (Lipinski definition) is 5. The maximum atomic E-state index is 12.3. The molecule has 2 unspecified atom stereocenters. The van der Waals surface area contributed by atoms with Gasteiger partial charge < -0.3 is 14.1 Å². The molecule has 8 heteroatoms. The molecule has 0 spiro atoms. The summed E-state index contributed by atoms with van der Waals surface area (Å²) in [5.74, 6) is 0.740. The molecule has 1 N–H and O–H groups in total. The normalized spacial score (nSPS) is 14.3. The molecule has 0 saturated heterocycles. The fourth-order valence-corrected chi connectivity index (χ4v) is 4.94. The maximum absolute atomic E-state index is 12.3. The quantitative estimate of drug-likeness (QED) is 0.0814. The molecule has 38 heavy (non-hydrogen) atoms. The van der Waals surface area contributed by atoms with Crippen molar-refractivity contribution in [3.63, 3.8) is 0 Å². The number of likely N-dealkylation sites (N-methyl/N-ethyl adjacent to an activating group) is 1. The predicted octanol–water partition coefficient (Wildman–Crippen LogP) is 7.35. The molecule has 0 saturated carbocycles. The Labute approximate surface area is 232 Å². The van der Waals surface area contributed by atoms with Crippen LogP contribution in [0.2, 0.25) is 0 Å².